The fourth-order valence-corrected chi connectivity index (χ4v) is 0.298. The highest BCUT2D eigenvalue weighted by Gasteiger charge is 2.11. The molecule has 4 nitrogen and oxygen atoms in total. The van der Waals surface area contributed by atoms with E-state index in [4.69, 9.17) is 16.6 Å². The summed E-state index contributed by atoms with van der Waals surface area (Å²) in [7, 11) is 0. The van der Waals surface area contributed by atoms with Gasteiger partial charge in [0.15, 0.2) is 0 Å². The molecule has 0 saturated heterocycles. The van der Waals surface area contributed by atoms with Gasteiger partial charge in [0, 0.05) is 13.1 Å². The van der Waals surface area contributed by atoms with E-state index in [0.717, 1.165) is 0 Å². The molecule has 64 valence electrons. The summed E-state index contributed by atoms with van der Waals surface area (Å²) in [5.41, 5.74) is 10.0. The molecule has 0 amide bonds. The summed E-state index contributed by atoms with van der Waals surface area (Å²) in [5, 5.41) is 8.21. The first kappa shape index (κ1) is 16.5. The van der Waals surface area contributed by atoms with Crippen molar-refractivity contribution in [2.45, 2.75) is 0 Å². The number of hydrogen-bond acceptors (Lipinski definition) is 3. The average molecular weight is 191 g/mol. The largest absolute Gasteiger partial charge is 0.481 e. The van der Waals surface area contributed by atoms with Crippen molar-refractivity contribution in [3.8, 4) is 0 Å². The Kier molecular flexibility index (Phi) is 14.8. The van der Waals surface area contributed by atoms with Gasteiger partial charge < -0.3 is 16.6 Å². The van der Waals surface area contributed by atoms with E-state index in [1.807, 2.05) is 0 Å². The number of nitrogens with two attached hydrogens (primary N) is 2. The zero-order valence-corrected chi connectivity index (χ0v) is 6.95. The molecule has 0 aromatic carbocycles. The lowest BCUT2D eigenvalue weighted by atomic mass is 10.1. The number of rotatable bonds is 3. The van der Waals surface area contributed by atoms with Gasteiger partial charge in [-0.3, -0.25) is 4.79 Å². The molecule has 0 saturated carbocycles. The fourth-order valence-electron chi connectivity index (χ4n) is 0.298. The fraction of sp³-hybridized carbons (Fsp3) is 0.750. The van der Waals surface area contributed by atoms with Gasteiger partial charge in [-0.15, -0.1) is 24.8 Å². The number of carboxylic acid groups (broad SMARTS) is 1. The molecule has 0 rings (SSSR count). The van der Waals surface area contributed by atoms with Crippen LogP contribution in [0.1, 0.15) is 0 Å². The summed E-state index contributed by atoms with van der Waals surface area (Å²) in [6.07, 6.45) is 0. The number of aliphatic carboxylic acids is 1. The molecule has 0 aliphatic rings. The lowest BCUT2D eigenvalue weighted by Crippen LogP contribution is -2.30. The topological polar surface area (TPSA) is 89.3 Å². The maximum atomic E-state index is 10.0. The zero-order valence-electron chi connectivity index (χ0n) is 5.32. The van der Waals surface area contributed by atoms with E-state index in [-0.39, 0.29) is 37.9 Å². The van der Waals surface area contributed by atoms with Gasteiger partial charge in [-0.05, 0) is 0 Å². The van der Waals surface area contributed by atoms with Gasteiger partial charge in [0.2, 0.25) is 0 Å². The van der Waals surface area contributed by atoms with Crippen molar-refractivity contribution in [2.24, 2.45) is 17.4 Å². The van der Waals surface area contributed by atoms with Crippen LogP contribution >= 0.6 is 24.8 Å². The molecular weight excluding hydrogens is 179 g/mol. The predicted octanol–water partition coefficient (Wildman–Crippen LogP) is -0.552. The van der Waals surface area contributed by atoms with Crippen LogP contribution in [0.5, 0.6) is 0 Å². The SMILES string of the molecule is Cl.Cl.NCC(CN)C(=O)O. The molecule has 0 fully saturated rings. The Morgan fingerprint density at radius 1 is 1.30 bits per heavy atom. The molecule has 10 heavy (non-hydrogen) atoms. The normalized spacial score (nSPS) is 7.90. The molecule has 5 N–H and O–H groups in total. The van der Waals surface area contributed by atoms with Crippen molar-refractivity contribution in [3.63, 3.8) is 0 Å². The van der Waals surface area contributed by atoms with Crippen LogP contribution in [0, 0.1) is 5.92 Å². The summed E-state index contributed by atoms with van der Waals surface area (Å²) in [5.74, 6) is -1.50. The molecule has 0 unspecified atom stereocenters. The van der Waals surface area contributed by atoms with Crippen LogP contribution in [-0.4, -0.2) is 24.2 Å². The van der Waals surface area contributed by atoms with E-state index in [1.165, 1.54) is 0 Å². The summed E-state index contributed by atoms with van der Waals surface area (Å²) >= 11 is 0. The van der Waals surface area contributed by atoms with E-state index in [9.17, 15) is 4.79 Å². The highest BCUT2D eigenvalue weighted by Crippen LogP contribution is 1.87. The van der Waals surface area contributed by atoms with Crippen LogP contribution < -0.4 is 11.5 Å². The Hall–Kier alpha value is -0.0300. The molecule has 0 spiro atoms. The van der Waals surface area contributed by atoms with Crippen molar-refractivity contribution in [2.75, 3.05) is 13.1 Å². The molecule has 0 heterocycles. The van der Waals surface area contributed by atoms with Crippen LogP contribution in [0.25, 0.3) is 0 Å². The van der Waals surface area contributed by atoms with Gasteiger partial charge in [0.25, 0.3) is 0 Å². The third kappa shape index (κ3) is 6.10. The second kappa shape index (κ2) is 8.97. The van der Waals surface area contributed by atoms with E-state index >= 15 is 0 Å². The van der Waals surface area contributed by atoms with Crippen LogP contribution in [-0.2, 0) is 4.79 Å². The Morgan fingerprint density at radius 2 is 1.60 bits per heavy atom. The summed E-state index contributed by atoms with van der Waals surface area (Å²) in [6, 6.07) is 0. The second-order valence-corrected chi connectivity index (χ2v) is 1.51. The number of carboxylic acids is 1. The third-order valence-electron chi connectivity index (χ3n) is 0.918. The van der Waals surface area contributed by atoms with Gasteiger partial charge in [-0.1, -0.05) is 0 Å². The summed E-state index contributed by atoms with van der Waals surface area (Å²) in [6.45, 7) is 0.234. The van der Waals surface area contributed by atoms with Crippen molar-refractivity contribution in [1.29, 1.82) is 0 Å². The van der Waals surface area contributed by atoms with Crippen LogP contribution in [0.3, 0.4) is 0 Å². The smallest absolute Gasteiger partial charge is 0.309 e. The lowest BCUT2D eigenvalue weighted by Gasteiger charge is -2.02. The second-order valence-electron chi connectivity index (χ2n) is 1.51. The standard InChI is InChI=1S/C4H10N2O2.2ClH/c5-1-3(2-6)4(7)8;;/h3H,1-2,5-6H2,(H,7,8);2*1H. The molecule has 0 aliphatic carbocycles. The van der Waals surface area contributed by atoms with Crippen molar-refractivity contribution < 1.29 is 9.90 Å². The lowest BCUT2D eigenvalue weighted by molar-refractivity contribution is -0.140. The van der Waals surface area contributed by atoms with E-state index in [2.05, 4.69) is 0 Å². The van der Waals surface area contributed by atoms with Crippen molar-refractivity contribution in [1.82, 2.24) is 0 Å². The Labute approximate surface area is 71.8 Å². The average Bonchev–Trinajstić information content (AvgIpc) is 1.69. The van der Waals surface area contributed by atoms with Gasteiger partial charge in [-0.25, -0.2) is 0 Å². The van der Waals surface area contributed by atoms with Crippen LogP contribution in [0.15, 0.2) is 0 Å². The summed E-state index contributed by atoms with van der Waals surface area (Å²) < 4.78 is 0. The molecule has 0 bridgehead atoms. The van der Waals surface area contributed by atoms with E-state index < -0.39 is 11.9 Å². The molecule has 6 heteroatoms. The molecule has 0 radical (unpaired) electrons. The van der Waals surface area contributed by atoms with Gasteiger partial charge in [-0.2, -0.15) is 0 Å². The maximum Gasteiger partial charge on any atom is 0.309 e. The first-order valence-corrected chi connectivity index (χ1v) is 2.35. The molecule has 0 aromatic rings. The molecule has 0 aromatic heterocycles. The van der Waals surface area contributed by atoms with Gasteiger partial charge >= 0.3 is 5.97 Å². The molecule has 0 atom stereocenters. The van der Waals surface area contributed by atoms with Gasteiger partial charge in [0.1, 0.15) is 0 Å². The van der Waals surface area contributed by atoms with E-state index in [0.29, 0.717) is 0 Å². The quantitative estimate of drug-likeness (QED) is 0.558. The highest BCUT2D eigenvalue weighted by molar-refractivity contribution is 5.85. The minimum absolute atomic E-state index is 0. The summed E-state index contributed by atoms with van der Waals surface area (Å²) in [4.78, 5) is 10.0. The monoisotopic (exact) mass is 190 g/mol. The predicted molar refractivity (Wildman–Crippen MR) is 43.7 cm³/mol. The van der Waals surface area contributed by atoms with Gasteiger partial charge in [0.05, 0.1) is 5.92 Å². The van der Waals surface area contributed by atoms with E-state index in [1.54, 1.807) is 0 Å². The first-order chi connectivity index (χ1) is 3.72. The molecular formula is C4H12Cl2N2O2. The van der Waals surface area contributed by atoms with Crippen molar-refractivity contribution in [3.05, 3.63) is 0 Å². The van der Waals surface area contributed by atoms with Crippen LogP contribution in [0.2, 0.25) is 0 Å². The first-order valence-electron chi connectivity index (χ1n) is 2.35. The number of carbonyl (C=O) groups is 1. The maximum absolute atomic E-state index is 10.0. The zero-order chi connectivity index (χ0) is 6.57. The number of hydrogen-bond donors (Lipinski definition) is 3. The minimum Gasteiger partial charge on any atom is -0.481 e. The Morgan fingerprint density at radius 3 is 1.60 bits per heavy atom. The molecule has 0 aliphatic heterocycles. The highest BCUT2D eigenvalue weighted by atomic mass is 35.5. The Bertz CT molecular complexity index is 87.3. The van der Waals surface area contributed by atoms with Crippen molar-refractivity contribution >= 4 is 30.8 Å². The van der Waals surface area contributed by atoms with Crippen LogP contribution in [0.4, 0.5) is 0 Å². The minimum atomic E-state index is -0.921. The third-order valence-corrected chi connectivity index (χ3v) is 0.918. The Balaban J connectivity index is -0.000000245. The number of halogens is 2.